The van der Waals surface area contributed by atoms with E-state index in [0.717, 1.165) is 18.4 Å². The number of aliphatic hydroxyl groups excluding tert-OH is 1. The average molecular weight is 745 g/mol. The highest BCUT2D eigenvalue weighted by molar-refractivity contribution is 7.91. The fourth-order valence-electron chi connectivity index (χ4n) is 7.47. The Bertz CT molecular complexity index is 2060. The van der Waals surface area contributed by atoms with E-state index in [4.69, 9.17) is 14.5 Å². The van der Waals surface area contributed by atoms with Gasteiger partial charge in [-0.15, -0.1) is 6.58 Å². The molecule has 282 valence electrons. The fraction of sp³-hybridized carbons (Fsp3) is 0.500. The summed E-state index contributed by atoms with van der Waals surface area (Å²) in [5.41, 5.74) is -0.227. The highest BCUT2D eigenvalue weighted by Gasteiger charge is 2.64. The molecule has 2 heterocycles. The first kappa shape index (κ1) is 36.9. The molecule has 3 amide bonds. The Balaban J connectivity index is 1.16. The first-order chi connectivity index (χ1) is 25.1. The van der Waals surface area contributed by atoms with Crippen LogP contribution in [0.3, 0.4) is 0 Å². The Hall–Kier alpha value is -4.49. The summed E-state index contributed by atoms with van der Waals surface area (Å²) >= 11 is 0. The van der Waals surface area contributed by atoms with Crippen molar-refractivity contribution in [1.29, 1.82) is 0 Å². The van der Waals surface area contributed by atoms with Crippen LogP contribution in [0.25, 0.3) is 22.2 Å². The molecular weight excluding hydrogens is 697 g/mol. The van der Waals surface area contributed by atoms with Crippen LogP contribution in [-0.2, 0) is 24.4 Å². The number of aromatic nitrogens is 1. The number of hydrogen-bond acceptors (Lipinski definition) is 9. The largest absolute Gasteiger partial charge is 0.497 e. The zero-order valence-electron chi connectivity index (χ0n) is 30.6. The van der Waals surface area contributed by atoms with Gasteiger partial charge in [-0.25, -0.2) is 13.4 Å². The number of nitrogens with one attached hydrogen (secondary N) is 2. The summed E-state index contributed by atoms with van der Waals surface area (Å²) in [7, 11) is -2.42. The SMILES string of the molecule is C=C[C@@H]1C[C@]1(NC(=O)[C@@H]1CC(Oc2cc(-c3ccccc3)nc3cc(OC)ccc23)CN1C(=O)[C@@H](O)C(C)(C)C)C(=O)NS(=O)(=O)C1(CC2CC2)CC1. The average Bonchev–Trinajstić information content (AvgIpc) is 4.08. The van der Waals surface area contributed by atoms with Gasteiger partial charge in [0.05, 0.1) is 29.6 Å². The number of hydrogen-bond donors (Lipinski definition) is 3. The van der Waals surface area contributed by atoms with Gasteiger partial charge in [0.2, 0.25) is 15.9 Å². The monoisotopic (exact) mass is 744 g/mol. The molecule has 4 aliphatic rings. The summed E-state index contributed by atoms with van der Waals surface area (Å²) < 4.78 is 40.4. The summed E-state index contributed by atoms with van der Waals surface area (Å²) in [6.45, 7) is 8.98. The maximum Gasteiger partial charge on any atom is 0.259 e. The van der Waals surface area contributed by atoms with Gasteiger partial charge < -0.3 is 24.8 Å². The number of likely N-dealkylation sites (tertiary alicyclic amines) is 1. The van der Waals surface area contributed by atoms with Crippen molar-refractivity contribution in [2.75, 3.05) is 13.7 Å². The smallest absolute Gasteiger partial charge is 0.259 e. The molecule has 4 fully saturated rings. The number of amides is 3. The Morgan fingerprint density at radius 3 is 2.43 bits per heavy atom. The van der Waals surface area contributed by atoms with Crippen LogP contribution in [0, 0.1) is 17.3 Å². The number of methoxy groups -OCH3 is 1. The second-order valence-electron chi connectivity index (χ2n) is 16.3. The van der Waals surface area contributed by atoms with Crippen LogP contribution in [0.2, 0.25) is 0 Å². The van der Waals surface area contributed by atoms with Gasteiger partial charge in [0.15, 0.2) is 0 Å². The molecule has 2 aromatic carbocycles. The van der Waals surface area contributed by atoms with Gasteiger partial charge in [-0.2, -0.15) is 0 Å². The Kier molecular flexibility index (Phi) is 9.33. The van der Waals surface area contributed by atoms with E-state index in [-0.39, 0.29) is 19.4 Å². The lowest BCUT2D eigenvalue weighted by atomic mass is 9.88. The second-order valence-corrected chi connectivity index (χ2v) is 18.4. The van der Waals surface area contributed by atoms with Gasteiger partial charge in [-0.3, -0.25) is 19.1 Å². The summed E-state index contributed by atoms with van der Waals surface area (Å²) in [5.74, 6) is -1.13. The molecule has 13 heteroatoms. The number of fused-ring (bicyclic) bond motifs is 1. The summed E-state index contributed by atoms with van der Waals surface area (Å²) in [6.07, 6.45) is 3.16. The predicted molar refractivity (Wildman–Crippen MR) is 199 cm³/mol. The maximum atomic E-state index is 14.3. The number of sulfonamides is 1. The molecule has 0 spiro atoms. The molecule has 3 saturated carbocycles. The maximum absolute atomic E-state index is 14.3. The lowest BCUT2D eigenvalue weighted by Gasteiger charge is -2.32. The van der Waals surface area contributed by atoms with Crippen LogP contribution in [0.1, 0.15) is 65.7 Å². The summed E-state index contributed by atoms with van der Waals surface area (Å²) in [4.78, 5) is 48.1. The molecule has 0 bridgehead atoms. The molecule has 3 aliphatic carbocycles. The second kappa shape index (κ2) is 13.4. The van der Waals surface area contributed by atoms with Gasteiger partial charge in [0.25, 0.3) is 11.8 Å². The van der Waals surface area contributed by atoms with Gasteiger partial charge in [0.1, 0.15) is 35.3 Å². The van der Waals surface area contributed by atoms with Crippen molar-refractivity contribution in [3.63, 3.8) is 0 Å². The van der Waals surface area contributed by atoms with Gasteiger partial charge in [-0.1, -0.05) is 70.0 Å². The van der Waals surface area contributed by atoms with E-state index in [9.17, 15) is 27.9 Å². The number of ether oxygens (including phenoxy) is 2. The number of carbonyl (C=O) groups is 3. The normalized spacial score (nSPS) is 25.3. The van der Waals surface area contributed by atoms with E-state index in [1.807, 2.05) is 48.5 Å². The lowest BCUT2D eigenvalue weighted by molar-refractivity contribution is -0.150. The summed E-state index contributed by atoms with van der Waals surface area (Å²) in [6, 6.07) is 15.8. The van der Waals surface area contributed by atoms with Gasteiger partial charge >= 0.3 is 0 Å². The third-order valence-electron chi connectivity index (χ3n) is 11.3. The van der Waals surface area contributed by atoms with E-state index in [2.05, 4.69) is 16.6 Å². The molecule has 1 aliphatic heterocycles. The van der Waals surface area contributed by atoms with E-state index in [1.165, 1.54) is 11.0 Å². The predicted octanol–water partition coefficient (Wildman–Crippen LogP) is 4.51. The highest BCUT2D eigenvalue weighted by atomic mass is 32.2. The quantitative estimate of drug-likeness (QED) is 0.214. The number of aliphatic hydroxyl groups is 1. The number of nitrogens with zero attached hydrogens (tertiary/aromatic N) is 2. The first-order valence-corrected chi connectivity index (χ1v) is 19.8. The van der Waals surface area contributed by atoms with Crippen LogP contribution < -0.4 is 19.5 Å². The molecule has 1 saturated heterocycles. The van der Waals surface area contributed by atoms with Crippen molar-refractivity contribution in [2.24, 2.45) is 17.3 Å². The van der Waals surface area contributed by atoms with Crippen LogP contribution in [0.15, 0.2) is 67.3 Å². The number of pyridine rings is 1. The Morgan fingerprint density at radius 1 is 1.11 bits per heavy atom. The first-order valence-electron chi connectivity index (χ1n) is 18.3. The van der Waals surface area contributed by atoms with Gasteiger partial charge in [0, 0.05) is 35.4 Å². The van der Waals surface area contributed by atoms with Crippen molar-refractivity contribution >= 4 is 38.6 Å². The zero-order chi connectivity index (χ0) is 37.9. The van der Waals surface area contributed by atoms with E-state index < -0.39 is 67.6 Å². The molecule has 12 nitrogen and oxygen atoms in total. The molecule has 1 aromatic heterocycles. The van der Waals surface area contributed by atoms with Crippen molar-refractivity contribution < 1.29 is 37.4 Å². The molecule has 3 N–H and O–H groups in total. The Morgan fingerprint density at radius 2 is 1.83 bits per heavy atom. The minimum atomic E-state index is -3.99. The minimum absolute atomic E-state index is 0.0210. The van der Waals surface area contributed by atoms with Gasteiger partial charge in [-0.05, 0) is 49.1 Å². The standard InChI is InChI=1S/C40H48N4O8S/c1-6-26-22-40(26,37(48)43-53(49,50)39(16-17-39)21-24-12-13-24)42-35(46)32-19-28(23-44(32)36(47)34(45)38(2,3)4)52-33-20-30(25-10-8-7-9-11-25)41-31-18-27(51-5)14-15-29(31)33/h6-11,14-15,18,20,24,26,28,32,34,45H,1,12-13,16-17,19,21-23H2,2-5H3,(H,42,46)(H,43,48)/t26-,28?,32+,34-,40-/m1/s1. The van der Waals surface area contributed by atoms with Crippen molar-refractivity contribution in [1.82, 2.24) is 19.9 Å². The molecule has 3 aromatic rings. The molecule has 1 unspecified atom stereocenters. The van der Waals surface area contributed by atoms with E-state index in [0.29, 0.717) is 53.3 Å². The van der Waals surface area contributed by atoms with E-state index >= 15 is 0 Å². The molecule has 0 radical (unpaired) electrons. The Labute approximate surface area is 310 Å². The highest BCUT2D eigenvalue weighted by Crippen LogP contribution is 2.53. The summed E-state index contributed by atoms with van der Waals surface area (Å²) in [5, 5.41) is 14.6. The van der Waals surface area contributed by atoms with E-state index in [1.54, 1.807) is 33.9 Å². The van der Waals surface area contributed by atoms with Crippen molar-refractivity contribution in [3.8, 4) is 22.8 Å². The topological polar surface area (TPSA) is 164 Å². The number of rotatable bonds is 13. The lowest BCUT2D eigenvalue weighted by Crippen LogP contribution is -2.58. The zero-order valence-corrected chi connectivity index (χ0v) is 31.4. The number of carbonyl (C=O) groups excluding carboxylic acids is 3. The van der Waals surface area contributed by atoms with Crippen LogP contribution in [0.5, 0.6) is 11.5 Å². The molecule has 53 heavy (non-hydrogen) atoms. The van der Waals surface area contributed by atoms with Crippen LogP contribution >= 0.6 is 0 Å². The van der Waals surface area contributed by atoms with Crippen LogP contribution in [-0.4, -0.2) is 83.3 Å². The number of benzene rings is 2. The van der Waals surface area contributed by atoms with Crippen molar-refractivity contribution in [2.45, 2.75) is 94.3 Å². The molecule has 5 atom stereocenters. The fourth-order valence-corrected chi connectivity index (χ4v) is 9.21. The third-order valence-corrected chi connectivity index (χ3v) is 13.4. The van der Waals surface area contributed by atoms with Crippen molar-refractivity contribution in [3.05, 3.63) is 67.3 Å². The minimum Gasteiger partial charge on any atom is -0.497 e. The molecular formula is C40H48N4O8S. The van der Waals surface area contributed by atoms with Crippen LogP contribution in [0.4, 0.5) is 0 Å². The molecule has 7 rings (SSSR count). The third kappa shape index (κ3) is 7.13.